The molecule has 1 amide bonds. The fourth-order valence-corrected chi connectivity index (χ4v) is 7.22. The Hall–Kier alpha value is -1.02. The molecule has 1 unspecified atom stereocenters. The predicted molar refractivity (Wildman–Crippen MR) is 228 cm³/mol. The van der Waals surface area contributed by atoms with Crippen molar-refractivity contribution in [3.63, 3.8) is 0 Å². The molecule has 0 spiro atoms. The third-order valence-corrected chi connectivity index (χ3v) is 11.1. The first-order valence-electron chi connectivity index (χ1n) is 22.7. The van der Waals surface area contributed by atoms with Crippen molar-refractivity contribution < 1.29 is 32.9 Å². The number of phosphoric acid groups is 1. The van der Waals surface area contributed by atoms with E-state index in [0.717, 1.165) is 44.9 Å². The number of carbonyl (C=O) groups is 1. The van der Waals surface area contributed by atoms with Gasteiger partial charge in [-0.3, -0.25) is 9.36 Å². The van der Waals surface area contributed by atoms with Gasteiger partial charge in [-0.2, -0.15) is 0 Å². The zero-order chi connectivity index (χ0) is 40.0. The van der Waals surface area contributed by atoms with Crippen LogP contribution >= 0.6 is 7.82 Å². The number of aliphatic hydroxyl groups excluding tert-OH is 1. The van der Waals surface area contributed by atoms with Gasteiger partial charge in [0, 0.05) is 6.42 Å². The van der Waals surface area contributed by atoms with E-state index in [1.165, 1.54) is 135 Å². The molecule has 0 aromatic carbocycles. The summed E-state index contributed by atoms with van der Waals surface area (Å²) in [6.07, 6.45) is 43.2. The van der Waals surface area contributed by atoms with Crippen LogP contribution < -0.4 is 10.2 Å². The molecule has 3 atom stereocenters. The molecule has 0 aliphatic rings. The molecule has 0 aromatic rings. The molecule has 0 aliphatic heterocycles. The lowest BCUT2D eigenvalue weighted by molar-refractivity contribution is -0.870. The first-order valence-corrected chi connectivity index (χ1v) is 24.1. The van der Waals surface area contributed by atoms with Gasteiger partial charge in [0.2, 0.25) is 5.91 Å². The van der Waals surface area contributed by atoms with E-state index >= 15 is 0 Å². The van der Waals surface area contributed by atoms with Crippen molar-refractivity contribution in [1.29, 1.82) is 0 Å². The molecule has 8 nitrogen and oxygen atoms in total. The number of rotatable bonds is 41. The van der Waals surface area contributed by atoms with E-state index in [9.17, 15) is 19.4 Å². The Balaban J connectivity index is 4.39. The van der Waals surface area contributed by atoms with Gasteiger partial charge >= 0.3 is 0 Å². The molecule has 0 aliphatic carbocycles. The molecule has 0 aromatic heterocycles. The minimum absolute atomic E-state index is 0.00680. The van der Waals surface area contributed by atoms with Crippen LogP contribution in [0.2, 0.25) is 0 Å². The van der Waals surface area contributed by atoms with Gasteiger partial charge in [0.1, 0.15) is 13.2 Å². The zero-order valence-corrected chi connectivity index (χ0v) is 37.1. The van der Waals surface area contributed by atoms with Crippen molar-refractivity contribution in [1.82, 2.24) is 5.32 Å². The average Bonchev–Trinajstić information content (AvgIpc) is 3.12. The second-order valence-corrected chi connectivity index (χ2v) is 18.2. The van der Waals surface area contributed by atoms with E-state index in [1.54, 1.807) is 0 Å². The van der Waals surface area contributed by atoms with Gasteiger partial charge in [0.05, 0.1) is 39.9 Å². The van der Waals surface area contributed by atoms with Gasteiger partial charge in [0.15, 0.2) is 0 Å². The number of nitrogens with zero attached hydrogens (tertiary/aromatic N) is 1. The van der Waals surface area contributed by atoms with Gasteiger partial charge in [0.25, 0.3) is 7.82 Å². The van der Waals surface area contributed by atoms with Crippen molar-refractivity contribution in [2.45, 2.75) is 219 Å². The van der Waals surface area contributed by atoms with Crippen LogP contribution in [-0.4, -0.2) is 68.5 Å². The Morgan fingerprint density at radius 2 is 1.02 bits per heavy atom. The summed E-state index contributed by atoms with van der Waals surface area (Å²) < 4.78 is 23.2. The molecule has 0 saturated heterocycles. The number of hydrogen-bond donors (Lipinski definition) is 2. The van der Waals surface area contributed by atoms with Crippen LogP contribution in [0.25, 0.3) is 0 Å². The zero-order valence-electron chi connectivity index (χ0n) is 36.2. The van der Waals surface area contributed by atoms with Gasteiger partial charge in [-0.25, -0.2) is 0 Å². The maximum absolute atomic E-state index is 12.9. The van der Waals surface area contributed by atoms with E-state index < -0.39 is 20.0 Å². The Bertz CT molecular complexity index is 938. The Kier molecular flexibility index (Phi) is 36.8. The largest absolute Gasteiger partial charge is 0.756 e. The smallest absolute Gasteiger partial charge is 0.268 e. The van der Waals surface area contributed by atoms with E-state index in [0.29, 0.717) is 23.9 Å². The molecule has 0 saturated carbocycles. The average molecular weight is 785 g/mol. The molecule has 9 heteroatoms. The highest BCUT2D eigenvalue weighted by Gasteiger charge is 2.24. The number of aliphatic hydroxyl groups is 1. The number of hydrogen-bond acceptors (Lipinski definition) is 6. The molecule has 0 rings (SSSR count). The van der Waals surface area contributed by atoms with Crippen LogP contribution in [0.15, 0.2) is 24.3 Å². The van der Waals surface area contributed by atoms with Gasteiger partial charge in [-0.1, -0.05) is 160 Å². The molecule has 320 valence electrons. The van der Waals surface area contributed by atoms with Crippen molar-refractivity contribution in [3.8, 4) is 0 Å². The summed E-state index contributed by atoms with van der Waals surface area (Å²) in [4.78, 5) is 25.3. The predicted octanol–water partition coefficient (Wildman–Crippen LogP) is 11.9. The van der Waals surface area contributed by atoms with Crippen molar-refractivity contribution in [2.24, 2.45) is 0 Å². The Morgan fingerprint density at radius 3 is 1.44 bits per heavy atom. The van der Waals surface area contributed by atoms with Crippen LogP contribution in [0.1, 0.15) is 206 Å². The minimum Gasteiger partial charge on any atom is -0.756 e. The Morgan fingerprint density at radius 1 is 0.630 bits per heavy atom. The SMILES string of the molecule is CCCCCCCC/C=C/CCCCCCCCCC(=O)N[C@@H](COP(=O)([O-])OCC[N+](C)(C)C)[C@H](O)CCCC/C=C/CCCCCCCCCCC. The first kappa shape index (κ1) is 53.0. The van der Waals surface area contributed by atoms with Crippen molar-refractivity contribution in [3.05, 3.63) is 24.3 Å². The van der Waals surface area contributed by atoms with E-state index in [2.05, 4.69) is 43.5 Å². The van der Waals surface area contributed by atoms with Crippen LogP contribution in [-0.2, 0) is 18.4 Å². The molecule has 0 fully saturated rings. The van der Waals surface area contributed by atoms with Crippen molar-refractivity contribution >= 4 is 13.7 Å². The number of quaternary nitrogens is 1. The normalized spacial score (nSPS) is 14.6. The lowest BCUT2D eigenvalue weighted by atomic mass is 10.0. The quantitative estimate of drug-likeness (QED) is 0.0277. The highest BCUT2D eigenvalue weighted by Crippen LogP contribution is 2.38. The summed E-state index contributed by atoms with van der Waals surface area (Å²) in [5.41, 5.74) is 0. The summed E-state index contributed by atoms with van der Waals surface area (Å²) >= 11 is 0. The molecular weight excluding hydrogens is 695 g/mol. The monoisotopic (exact) mass is 785 g/mol. The third-order valence-electron chi connectivity index (χ3n) is 10.2. The fraction of sp³-hybridized carbons (Fsp3) is 0.889. The van der Waals surface area contributed by atoms with Gasteiger partial charge < -0.3 is 28.8 Å². The number of allylic oxidation sites excluding steroid dienone is 4. The lowest BCUT2D eigenvalue weighted by Crippen LogP contribution is -2.46. The first-order chi connectivity index (χ1) is 26.0. The number of nitrogens with one attached hydrogen (secondary N) is 1. The van der Waals surface area contributed by atoms with Gasteiger partial charge in [-0.15, -0.1) is 0 Å². The number of unbranched alkanes of at least 4 members (excludes halogenated alkanes) is 24. The van der Waals surface area contributed by atoms with E-state index in [-0.39, 0.29) is 19.1 Å². The summed E-state index contributed by atoms with van der Waals surface area (Å²) in [5, 5.41) is 13.9. The van der Waals surface area contributed by atoms with E-state index in [4.69, 9.17) is 9.05 Å². The van der Waals surface area contributed by atoms with Crippen LogP contribution in [0.4, 0.5) is 0 Å². The van der Waals surface area contributed by atoms with Gasteiger partial charge in [-0.05, 0) is 64.2 Å². The summed E-state index contributed by atoms with van der Waals surface area (Å²) in [5.74, 6) is -0.179. The van der Waals surface area contributed by atoms with Crippen LogP contribution in [0.3, 0.4) is 0 Å². The molecule has 0 bridgehead atoms. The topological polar surface area (TPSA) is 108 Å². The maximum atomic E-state index is 12.9. The number of amides is 1. The second kappa shape index (κ2) is 37.6. The molecule has 2 N–H and O–H groups in total. The fourth-order valence-electron chi connectivity index (χ4n) is 6.50. The lowest BCUT2D eigenvalue weighted by Gasteiger charge is -2.30. The van der Waals surface area contributed by atoms with Crippen molar-refractivity contribution in [2.75, 3.05) is 40.9 Å². The Labute approximate surface area is 334 Å². The molecular formula is C45H89N2O6P. The molecule has 0 heterocycles. The summed E-state index contributed by atoms with van der Waals surface area (Å²) in [7, 11) is 1.29. The maximum Gasteiger partial charge on any atom is 0.268 e. The molecule has 0 radical (unpaired) electrons. The second-order valence-electron chi connectivity index (χ2n) is 16.7. The van der Waals surface area contributed by atoms with E-state index in [1.807, 2.05) is 21.1 Å². The molecule has 54 heavy (non-hydrogen) atoms. The number of phosphoric ester groups is 1. The van der Waals surface area contributed by atoms with Crippen LogP contribution in [0.5, 0.6) is 0 Å². The van der Waals surface area contributed by atoms with Crippen LogP contribution in [0, 0.1) is 0 Å². The highest BCUT2D eigenvalue weighted by atomic mass is 31.2. The summed E-state index contributed by atoms with van der Waals surface area (Å²) in [6.45, 7) is 4.69. The minimum atomic E-state index is -4.57. The summed E-state index contributed by atoms with van der Waals surface area (Å²) in [6, 6.07) is -0.816. The number of carbonyl (C=O) groups excluding carboxylic acids is 1. The number of likely N-dealkylation sites (N-methyl/N-ethyl adjacent to an activating group) is 1. The third kappa shape index (κ3) is 39.2. The highest BCUT2D eigenvalue weighted by molar-refractivity contribution is 7.45. The standard InChI is InChI=1S/C45H89N2O6P/c1-6-8-10-12-14-16-18-20-22-23-25-27-29-31-33-35-37-39-45(49)46-43(42-53-54(50,51)52-41-40-47(3,4)5)44(48)38-36-34-32-30-28-26-24-21-19-17-15-13-11-9-7-2/h20,22,28,30,43-44,48H,6-19,21,23-27,29,31-42H2,1-5H3,(H-,46,49,50,51)/b22-20+,30-28+/t43-,44+/m0/s1.